The summed E-state index contributed by atoms with van der Waals surface area (Å²) in [6, 6.07) is 30.7. The number of fused-ring (bicyclic) bond motifs is 1. The molecule has 0 bridgehead atoms. The molecule has 0 spiro atoms. The van der Waals surface area contributed by atoms with Crippen molar-refractivity contribution >= 4 is 34.0 Å². The van der Waals surface area contributed by atoms with Crippen LogP contribution in [0.1, 0.15) is 30.4 Å². The molecule has 1 aliphatic rings. The van der Waals surface area contributed by atoms with Crippen molar-refractivity contribution in [3.8, 4) is 5.75 Å². The van der Waals surface area contributed by atoms with Crippen molar-refractivity contribution in [2.24, 2.45) is 0 Å². The first kappa shape index (κ1) is 23.4. The van der Waals surface area contributed by atoms with Gasteiger partial charge in [-0.25, -0.2) is 0 Å². The van der Waals surface area contributed by atoms with Gasteiger partial charge in [0.2, 0.25) is 5.91 Å². The summed E-state index contributed by atoms with van der Waals surface area (Å²) in [7, 11) is 0. The van der Waals surface area contributed by atoms with Crippen molar-refractivity contribution in [1.29, 1.82) is 0 Å². The molecule has 0 aromatic heterocycles. The van der Waals surface area contributed by atoms with Gasteiger partial charge in [-0.2, -0.15) is 0 Å². The molecular weight excluding hydrogens is 456 g/mol. The normalized spacial score (nSPS) is 13.2. The van der Waals surface area contributed by atoms with Gasteiger partial charge in [-0.3, -0.25) is 9.69 Å². The maximum Gasteiger partial charge on any atom is 0.225 e. The average Bonchev–Trinajstić information content (AvgIpc) is 3.73. The Balaban J connectivity index is 1.12. The van der Waals surface area contributed by atoms with Crippen molar-refractivity contribution in [3.05, 3.63) is 107 Å². The third-order valence-corrected chi connectivity index (χ3v) is 6.65. The quantitative estimate of drug-likeness (QED) is 0.262. The molecule has 0 aliphatic heterocycles. The SMILES string of the molecule is O=C(CCN(Cc1cccc2ccccc12)C1CC1)Nc1ccc(OCc2ccc(Cl)cc2)cc1. The Kier molecular flexibility index (Phi) is 7.31. The van der Waals surface area contributed by atoms with E-state index in [1.54, 1.807) is 0 Å². The number of nitrogens with zero attached hydrogens (tertiary/aromatic N) is 1. The van der Waals surface area contributed by atoms with Gasteiger partial charge in [-0.15, -0.1) is 0 Å². The van der Waals surface area contributed by atoms with Crippen molar-refractivity contribution < 1.29 is 9.53 Å². The molecule has 5 rings (SSSR count). The van der Waals surface area contributed by atoms with E-state index in [1.807, 2.05) is 48.5 Å². The van der Waals surface area contributed by atoms with Gasteiger partial charge in [0.1, 0.15) is 12.4 Å². The number of benzene rings is 4. The van der Waals surface area contributed by atoms with Crippen LogP contribution in [-0.2, 0) is 17.9 Å². The molecule has 4 aromatic rings. The fourth-order valence-corrected chi connectivity index (χ4v) is 4.46. The Hall–Kier alpha value is -3.34. The number of carbonyl (C=O) groups is 1. The second kappa shape index (κ2) is 10.9. The fraction of sp³-hybridized carbons (Fsp3) is 0.233. The number of nitrogens with one attached hydrogen (secondary N) is 1. The molecule has 1 fully saturated rings. The van der Waals surface area contributed by atoms with Crippen LogP contribution in [0.3, 0.4) is 0 Å². The molecule has 0 radical (unpaired) electrons. The lowest BCUT2D eigenvalue weighted by molar-refractivity contribution is -0.116. The van der Waals surface area contributed by atoms with E-state index >= 15 is 0 Å². The van der Waals surface area contributed by atoms with E-state index in [9.17, 15) is 4.79 Å². The highest BCUT2D eigenvalue weighted by atomic mass is 35.5. The summed E-state index contributed by atoms with van der Waals surface area (Å²) in [4.78, 5) is 15.1. The van der Waals surface area contributed by atoms with Crippen molar-refractivity contribution in [2.75, 3.05) is 11.9 Å². The van der Waals surface area contributed by atoms with E-state index in [4.69, 9.17) is 16.3 Å². The largest absolute Gasteiger partial charge is 0.489 e. The first-order valence-electron chi connectivity index (χ1n) is 12.1. The molecule has 1 N–H and O–H groups in total. The minimum Gasteiger partial charge on any atom is -0.489 e. The molecule has 0 atom stereocenters. The molecular formula is C30H29ClN2O2. The molecule has 178 valence electrons. The minimum atomic E-state index is 0.0309. The zero-order valence-corrected chi connectivity index (χ0v) is 20.4. The van der Waals surface area contributed by atoms with Gasteiger partial charge in [0.15, 0.2) is 0 Å². The van der Waals surface area contributed by atoms with Crippen LogP contribution in [0, 0.1) is 0 Å². The lowest BCUT2D eigenvalue weighted by Gasteiger charge is -2.22. The van der Waals surface area contributed by atoms with E-state index in [0.717, 1.165) is 30.1 Å². The fourth-order valence-electron chi connectivity index (χ4n) is 4.33. The molecule has 1 amide bonds. The van der Waals surface area contributed by atoms with Crippen LogP contribution in [-0.4, -0.2) is 23.4 Å². The second-order valence-corrected chi connectivity index (χ2v) is 9.51. The lowest BCUT2D eigenvalue weighted by Crippen LogP contribution is -2.29. The number of hydrogen-bond acceptors (Lipinski definition) is 3. The molecule has 0 heterocycles. The standard InChI is InChI=1S/C30H29ClN2O2/c31-25-10-8-22(9-11-25)21-35-28-16-12-26(13-17-28)32-30(34)18-19-33(27-14-15-27)20-24-6-3-5-23-4-1-2-7-29(23)24/h1-13,16-17,27H,14-15,18-21H2,(H,32,34). The van der Waals surface area contributed by atoms with Crippen LogP contribution in [0.2, 0.25) is 5.02 Å². The maximum absolute atomic E-state index is 12.7. The highest BCUT2D eigenvalue weighted by Crippen LogP contribution is 2.30. The Bertz CT molecular complexity index is 1280. The number of anilines is 1. The van der Waals surface area contributed by atoms with Crippen molar-refractivity contribution in [3.63, 3.8) is 0 Å². The Morgan fingerprint density at radius 1 is 0.914 bits per heavy atom. The topological polar surface area (TPSA) is 41.6 Å². The number of halogens is 1. The molecule has 0 unspecified atom stereocenters. The van der Waals surface area contributed by atoms with Gasteiger partial charge in [-0.1, -0.05) is 66.2 Å². The Labute approximate surface area is 211 Å². The molecule has 4 nitrogen and oxygen atoms in total. The van der Waals surface area contributed by atoms with Crippen LogP contribution < -0.4 is 10.1 Å². The number of rotatable bonds is 10. The Morgan fingerprint density at radius 3 is 2.43 bits per heavy atom. The third kappa shape index (κ3) is 6.41. The van der Waals surface area contributed by atoms with E-state index in [-0.39, 0.29) is 5.91 Å². The monoisotopic (exact) mass is 484 g/mol. The van der Waals surface area contributed by atoms with Gasteiger partial charge in [0, 0.05) is 36.3 Å². The summed E-state index contributed by atoms with van der Waals surface area (Å²) in [6.07, 6.45) is 2.89. The van der Waals surface area contributed by atoms with Crippen LogP contribution in [0.5, 0.6) is 5.75 Å². The molecule has 4 aromatic carbocycles. The second-order valence-electron chi connectivity index (χ2n) is 9.08. The number of carbonyl (C=O) groups excluding carboxylic acids is 1. The summed E-state index contributed by atoms with van der Waals surface area (Å²) in [5, 5.41) is 6.29. The number of ether oxygens (including phenoxy) is 1. The predicted octanol–water partition coefficient (Wildman–Crippen LogP) is 7.07. The first-order chi connectivity index (χ1) is 17.1. The first-order valence-corrected chi connectivity index (χ1v) is 12.5. The van der Waals surface area contributed by atoms with E-state index in [1.165, 1.54) is 29.2 Å². The highest BCUT2D eigenvalue weighted by Gasteiger charge is 2.29. The Morgan fingerprint density at radius 2 is 1.66 bits per heavy atom. The van der Waals surface area contributed by atoms with E-state index in [2.05, 4.69) is 52.7 Å². The third-order valence-electron chi connectivity index (χ3n) is 6.40. The van der Waals surface area contributed by atoms with Crippen molar-refractivity contribution in [1.82, 2.24) is 4.90 Å². The summed E-state index contributed by atoms with van der Waals surface area (Å²) < 4.78 is 5.83. The van der Waals surface area contributed by atoms with Crippen LogP contribution in [0.15, 0.2) is 91.0 Å². The smallest absolute Gasteiger partial charge is 0.225 e. The van der Waals surface area contributed by atoms with Gasteiger partial charge < -0.3 is 10.1 Å². The van der Waals surface area contributed by atoms with Crippen molar-refractivity contribution in [2.45, 2.75) is 38.5 Å². The van der Waals surface area contributed by atoms with Crippen LogP contribution in [0.4, 0.5) is 5.69 Å². The summed E-state index contributed by atoms with van der Waals surface area (Å²) in [6.45, 7) is 2.09. The molecule has 1 saturated carbocycles. The number of amides is 1. The maximum atomic E-state index is 12.7. The summed E-state index contributed by atoms with van der Waals surface area (Å²) in [5.74, 6) is 0.788. The van der Waals surface area contributed by atoms with Gasteiger partial charge in [0.25, 0.3) is 0 Å². The van der Waals surface area contributed by atoms with Crippen LogP contribution in [0.25, 0.3) is 10.8 Å². The zero-order valence-electron chi connectivity index (χ0n) is 19.6. The van der Waals surface area contributed by atoms with Gasteiger partial charge in [-0.05, 0) is 71.1 Å². The minimum absolute atomic E-state index is 0.0309. The molecule has 0 saturated heterocycles. The molecule has 5 heteroatoms. The predicted molar refractivity (Wildman–Crippen MR) is 143 cm³/mol. The average molecular weight is 485 g/mol. The van der Waals surface area contributed by atoms with Crippen LogP contribution >= 0.6 is 11.6 Å². The zero-order chi connectivity index (χ0) is 24.0. The van der Waals surface area contributed by atoms with E-state index in [0.29, 0.717) is 24.1 Å². The summed E-state index contributed by atoms with van der Waals surface area (Å²) >= 11 is 5.93. The van der Waals surface area contributed by atoms with E-state index < -0.39 is 0 Å². The lowest BCUT2D eigenvalue weighted by atomic mass is 10.0. The summed E-state index contributed by atoms with van der Waals surface area (Å²) in [5.41, 5.74) is 3.15. The molecule has 35 heavy (non-hydrogen) atoms. The number of hydrogen-bond donors (Lipinski definition) is 1. The van der Waals surface area contributed by atoms with Gasteiger partial charge in [0.05, 0.1) is 0 Å². The highest BCUT2D eigenvalue weighted by molar-refractivity contribution is 6.30. The molecule has 1 aliphatic carbocycles. The van der Waals surface area contributed by atoms with Gasteiger partial charge >= 0.3 is 0 Å².